The van der Waals surface area contributed by atoms with E-state index in [9.17, 15) is 13.6 Å². The van der Waals surface area contributed by atoms with E-state index in [1.54, 1.807) is 0 Å². The topological polar surface area (TPSA) is 30.0 Å². The van der Waals surface area contributed by atoms with Crippen LogP contribution in [0.1, 0.15) is 18.9 Å². The first-order chi connectivity index (χ1) is 7.59. The van der Waals surface area contributed by atoms with Crippen molar-refractivity contribution < 1.29 is 13.6 Å². The van der Waals surface area contributed by atoms with Crippen LogP contribution in [0.5, 0.6) is 0 Å². The second-order valence-electron chi connectivity index (χ2n) is 2.89. The molecule has 0 unspecified atom stereocenters. The Bertz CT molecular complexity index is 451. The quantitative estimate of drug-likeness (QED) is 0.452. The van der Waals surface area contributed by atoms with E-state index < -0.39 is 11.8 Å². The number of thioether (sulfide) groups is 1. The van der Waals surface area contributed by atoms with Crippen molar-refractivity contribution in [2.45, 2.75) is 13.3 Å². The molecule has 2 nitrogen and oxygen atoms in total. The molecule has 0 fully saturated rings. The highest BCUT2D eigenvalue weighted by Gasteiger charge is 2.01. The van der Waals surface area contributed by atoms with Gasteiger partial charge in [0.1, 0.15) is 0 Å². The van der Waals surface area contributed by atoms with Gasteiger partial charge in [-0.1, -0.05) is 23.6 Å². The zero-order valence-electron chi connectivity index (χ0n) is 8.59. The maximum absolute atomic E-state index is 12.7. The first-order valence-corrected chi connectivity index (χ1v) is 5.51. The van der Waals surface area contributed by atoms with E-state index in [4.69, 9.17) is 0 Å². The number of hydrogen-bond donors (Lipinski definition) is 0. The van der Waals surface area contributed by atoms with Gasteiger partial charge in [-0.05, 0) is 6.07 Å². The van der Waals surface area contributed by atoms with Crippen LogP contribution in [0.3, 0.4) is 0 Å². The number of aromatic nitrogens is 1. The maximum atomic E-state index is 12.7. The molecule has 0 saturated heterocycles. The minimum absolute atomic E-state index is 0.0382. The largest absolute Gasteiger partial charge is 0.288 e. The van der Waals surface area contributed by atoms with Crippen molar-refractivity contribution in [3.05, 3.63) is 29.6 Å². The summed E-state index contributed by atoms with van der Waals surface area (Å²) in [5, 5.41) is 0.0382. The molecule has 0 radical (unpaired) electrons. The lowest BCUT2D eigenvalue weighted by Gasteiger charge is -1.92. The highest BCUT2D eigenvalue weighted by molar-refractivity contribution is 8.13. The van der Waals surface area contributed by atoms with Gasteiger partial charge in [-0.15, -0.1) is 0 Å². The molecule has 0 aliphatic rings. The standard InChI is InChI=1S/C11H9F2NOS/c1-8(15)16-5-3-2-4-9-6-10(12)11(13)14-7-9/h6-7H,3,5H2,1H3. The van der Waals surface area contributed by atoms with Crippen LogP contribution in [-0.2, 0) is 4.79 Å². The lowest BCUT2D eigenvalue weighted by atomic mass is 10.3. The zero-order valence-corrected chi connectivity index (χ0v) is 9.41. The molecule has 0 amide bonds. The third kappa shape index (κ3) is 4.41. The van der Waals surface area contributed by atoms with Gasteiger partial charge in [0, 0.05) is 30.9 Å². The molecule has 0 aliphatic heterocycles. The lowest BCUT2D eigenvalue weighted by Crippen LogP contribution is -1.90. The Kier molecular flexibility index (Phi) is 4.93. The minimum Gasteiger partial charge on any atom is -0.288 e. The van der Waals surface area contributed by atoms with Crippen molar-refractivity contribution in [2.75, 3.05) is 5.75 Å². The summed E-state index contributed by atoms with van der Waals surface area (Å²) in [4.78, 5) is 13.8. The van der Waals surface area contributed by atoms with Crippen molar-refractivity contribution in [3.63, 3.8) is 0 Å². The van der Waals surface area contributed by atoms with Gasteiger partial charge in [0.2, 0.25) is 5.95 Å². The molecule has 0 N–H and O–H groups in total. The molecule has 0 spiro atoms. The van der Waals surface area contributed by atoms with E-state index in [1.165, 1.54) is 24.9 Å². The fraction of sp³-hybridized carbons (Fsp3) is 0.273. The van der Waals surface area contributed by atoms with Crippen molar-refractivity contribution in [1.82, 2.24) is 4.98 Å². The normalized spacial score (nSPS) is 9.44. The number of carbonyl (C=O) groups excluding carboxylic acids is 1. The van der Waals surface area contributed by atoms with Crippen molar-refractivity contribution in [1.29, 1.82) is 0 Å². The van der Waals surface area contributed by atoms with Gasteiger partial charge >= 0.3 is 0 Å². The molecule has 84 valence electrons. The van der Waals surface area contributed by atoms with Gasteiger partial charge in [-0.25, -0.2) is 9.37 Å². The van der Waals surface area contributed by atoms with Crippen LogP contribution >= 0.6 is 11.8 Å². The summed E-state index contributed by atoms with van der Waals surface area (Å²) in [7, 11) is 0. The Hall–Kier alpha value is -1.41. The van der Waals surface area contributed by atoms with E-state index in [0.717, 1.165) is 6.07 Å². The summed E-state index contributed by atoms with van der Waals surface area (Å²) in [5.41, 5.74) is 0.326. The van der Waals surface area contributed by atoms with Gasteiger partial charge in [-0.2, -0.15) is 4.39 Å². The Labute approximate surface area is 96.5 Å². The van der Waals surface area contributed by atoms with E-state index in [1.807, 2.05) is 0 Å². The van der Waals surface area contributed by atoms with Crippen LogP contribution in [0.4, 0.5) is 8.78 Å². The number of pyridine rings is 1. The average Bonchev–Trinajstić information content (AvgIpc) is 2.22. The van der Waals surface area contributed by atoms with E-state index in [2.05, 4.69) is 16.8 Å². The Morgan fingerprint density at radius 1 is 1.56 bits per heavy atom. The van der Waals surface area contributed by atoms with Crippen LogP contribution in [0.2, 0.25) is 0 Å². The summed E-state index contributed by atoms with van der Waals surface area (Å²) in [5.74, 6) is 3.85. The summed E-state index contributed by atoms with van der Waals surface area (Å²) in [6.45, 7) is 1.48. The van der Waals surface area contributed by atoms with Crippen molar-refractivity contribution in [2.24, 2.45) is 0 Å². The molecular formula is C11H9F2NOS. The second-order valence-corrected chi connectivity index (χ2v) is 4.16. The predicted molar refractivity (Wildman–Crippen MR) is 58.8 cm³/mol. The average molecular weight is 241 g/mol. The van der Waals surface area contributed by atoms with Gasteiger partial charge in [0.05, 0.1) is 0 Å². The molecule has 1 aromatic heterocycles. The Morgan fingerprint density at radius 3 is 2.94 bits per heavy atom. The first kappa shape index (κ1) is 12.7. The van der Waals surface area contributed by atoms with Gasteiger partial charge in [-0.3, -0.25) is 4.79 Å². The summed E-state index contributed by atoms with van der Waals surface area (Å²) in [6.07, 6.45) is 1.69. The van der Waals surface area contributed by atoms with Crippen LogP contribution in [0.15, 0.2) is 12.3 Å². The molecule has 1 aromatic rings. The SMILES string of the molecule is CC(=O)SCCC#Cc1cnc(F)c(F)c1. The van der Waals surface area contributed by atoms with Gasteiger partial charge in [0.25, 0.3) is 0 Å². The molecular weight excluding hydrogens is 232 g/mol. The highest BCUT2D eigenvalue weighted by Crippen LogP contribution is 2.05. The molecule has 5 heteroatoms. The van der Waals surface area contributed by atoms with Crippen LogP contribution in [0, 0.1) is 23.6 Å². The third-order valence-electron chi connectivity index (χ3n) is 1.56. The molecule has 1 rings (SSSR count). The van der Waals surface area contributed by atoms with E-state index in [-0.39, 0.29) is 5.12 Å². The maximum Gasteiger partial charge on any atom is 0.248 e. The fourth-order valence-electron chi connectivity index (χ4n) is 0.900. The minimum atomic E-state index is -1.13. The predicted octanol–water partition coefficient (Wildman–Crippen LogP) is 2.38. The molecule has 16 heavy (non-hydrogen) atoms. The number of carbonyl (C=O) groups is 1. The molecule has 0 saturated carbocycles. The summed E-state index contributed by atoms with van der Waals surface area (Å²) in [6, 6.07) is 0.994. The van der Waals surface area contributed by atoms with Crippen LogP contribution < -0.4 is 0 Å². The van der Waals surface area contributed by atoms with Crippen LogP contribution in [-0.4, -0.2) is 15.9 Å². The second kappa shape index (κ2) is 6.23. The number of hydrogen-bond acceptors (Lipinski definition) is 3. The molecule has 1 heterocycles. The zero-order chi connectivity index (χ0) is 12.0. The fourth-order valence-corrected chi connectivity index (χ4v) is 1.39. The first-order valence-electron chi connectivity index (χ1n) is 4.53. The third-order valence-corrected chi connectivity index (χ3v) is 2.38. The Balaban J connectivity index is 2.50. The number of rotatable bonds is 2. The summed E-state index contributed by atoms with van der Waals surface area (Å²) < 4.78 is 25.2. The van der Waals surface area contributed by atoms with Crippen molar-refractivity contribution in [3.8, 4) is 11.8 Å². The number of nitrogens with zero attached hydrogens (tertiary/aromatic N) is 1. The molecule has 0 aromatic carbocycles. The van der Waals surface area contributed by atoms with E-state index in [0.29, 0.717) is 17.7 Å². The summed E-state index contributed by atoms with van der Waals surface area (Å²) >= 11 is 1.18. The van der Waals surface area contributed by atoms with Crippen molar-refractivity contribution >= 4 is 16.9 Å². The molecule has 0 bridgehead atoms. The Morgan fingerprint density at radius 2 is 2.31 bits per heavy atom. The monoisotopic (exact) mass is 241 g/mol. The molecule has 0 aliphatic carbocycles. The van der Waals surface area contributed by atoms with Gasteiger partial charge < -0.3 is 0 Å². The smallest absolute Gasteiger partial charge is 0.248 e. The van der Waals surface area contributed by atoms with Gasteiger partial charge in [0.15, 0.2) is 10.9 Å². The van der Waals surface area contributed by atoms with E-state index >= 15 is 0 Å². The lowest BCUT2D eigenvalue weighted by molar-refractivity contribution is -0.109. The number of halogens is 2. The highest BCUT2D eigenvalue weighted by atomic mass is 32.2. The van der Waals surface area contributed by atoms with Crippen LogP contribution in [0.25, 0.3) is 0 Å². The molecule has 0 atom stereocenters.